The minimum absolute atomic E-state index is 0.119. The fourth-order valence-corrected chi connectivity index (χ4v) is 3.77. The highest BCUT2D eigenvalue weighted by Gasteiger charge is 2.36. The molecule has 2 aromatic rings. The zero-order valence-corrected chi connectivity index (χ0v) is 16.5. The Morgan fingerprint density at radius 3 is 2.93 bits per heavy atom. The first-order valence-corrected chi connectivity index (χ1v) is 9.84. The zero-order chi connectivity index (χ0) is 19.6. The summed E-state index contributed by atoms with van der Waals surface area (Å²) in [5.74, 6) is -0.226. The molecule has 9 heteroatoms. The molecule has 0 spiro atoms. The van der Waals surface area contributed by atoms with E-state index in [4.69, 9.17) is 4.74 Å². The van der Waals surface area contributed by atoms with Crippen LogP contribution in [0.25, 0.3) is 10.2 Å². The first-order valence-electron chi connectivity index (χ1n) is 8.96. The maximum atomic E-state index is 12.5. The second kappa shape index (κ2) is 7.67. The number of hydrogen-bond acceptors (Lipinski definition) is 6. The van der Waals surface area contributed by atoms with Crippen LogP contribution in [0.2, 0.25) is 0 Å². The summed E-state index contributed by atoms with van der Waals surface area (Å²) in [4.78, 5) is 43.6. The smallest absolute Gasteiger partial charge is 0.410 e. The molecule has 27 heavy (non-hydrogen) atoms. The Morgan fingerprint density at radius 1 is 1.41 bits per heavy atom. The highest BCUT2D eigenvalue weighted by atomic mass is 32.1. The second-order valence-electron chi connectivity index (χ2n) is 7.51. The van der Waals surface area contributed by atoms with E-state index in [1.165, 1.54) is 27.1 Å². The predicted molar refractivity (Wildman–Crippen MR) is 103 cm³/mol. The monoisotopic (exact) mass is 392 g/mol. The molecule has 2 aromatic heterocycles. The molecule has 3 heterocycles. The fourth-order valence-electron chi connectivity index (χ4n) is 3.05. The lowest BCUT2D eigenvalue weighted by Gasteiger charge is -2.28. The van der Waals surface area contributed by atoms with Gasteiger partial charge in [-0.2, -0.15) is 0 Å². The van der Waals surface area contributed by atoms with E-state index in [2.05, 4.69) is 10.3 Å². The standard InChI is InChI=1S/C18H24N4O4S/c1-18(2,3)26-17(25)22-8-4-5-13(22)14(23)19-7-9-21-11-20-15-12(16(21)24)6-10-27-15/h6,10-11,13H,4-5,7-9H2,1-3H3,(H,19,23). The van der Waals surface area contributed by atoms with Gasteiger partial charge < -0.3 is 10.1 Å². The number of fused-ring (bicyclic) bond motifs is 1. The molecule has 3 rings (SSSR count). The number of nitrogens with zero attached hydrogens (tertiary/aromatic N) is 3. The Bertz CT molecular complexity index is 899. The third kappa shape index (κ3) is 4.47. The van der Waals surface area contributed by atoms with Crippen molar-refractivity contribution in [1.29, 1.82) is 0 Å². The number of rotatable bonds is 4. The predicted octanol–water partition coefficient (Wildman–Crippen LogP) is 1.97. The van der Waals surface area contributed by atoms with Gasteiger partial charge in [0.2, 0.25) is 5.91 Å². The number of nitrogens with one attached hydrogen (secondary N) is 1. The molecular formula is C18H24N4O4S. The van der Waals surface area contributed by atoms with Crippen LogP contribution in [0, 0.1) is 0 Å². The maximum Gasteiger partial charge on any atom is 0.410 e. The molecule has 1 unspecified atom stereocenters. The average Bonchev–Trinajstić information content (AvgIpc) is 3.24. The van der Waals surface area contributed by atoms with Gasteiger partial charge >= 0.3 is 6.09 Å². The summed E-state index contributed by atoms with van der Waals surface area (Å²) < 4.78 is 6.86. The molecule has 146 valence electrons. The van der Waals surface area contributed by atoms with E-state index in [1.54, 1.807) is 26.8 Å². The minimum atomic E-state index is -0.602. The van der Waals surface area contributed by atoms with Gasteiger partial charge in [0.1, 0.15) is 16.5 Å². The number of hydrogen-bond donors (Lipinski definition) is 1. The van der Waals surface area contributed by atoms with Gasteiger partial charge in [0.15, 0.2) is 0 Å². The average molecular weight is 392 g/mol. The Labute approximate surface area is 161 Å². The van der Waals surface area contributed by atoms with Crippen molar-refractivity contribution in [2.75, 3.05) is 13.1 Å². The summed E-state index contributed by atoms with van der Waals surface area (Å²) in [6.07, 6.45) is 2.39. The van der Waals surface area contributed by atoms with Crippen LogP contribution in [-0.2, 0) is 16.1 Å². The van der Waals surface area contributed by atoms with Crippen molar-refractivity contribution in [1.82, 2.24) is 19.8 Å². The third-order valence-corrected chi connectivity index (χ3v) is 5.11. The molecule has 0 aliphatic carbocycles. The van der Waals surface area contributed by atoms with Gasteiger partial charge in [-0.15, -0.1) is 11.3 Å². The van der Waals surface area contributed by atoms with E-state index in [9.17, 15) is 14.4 Å². The largest absolute Gasteiger partial charge is 0.444 e. The maximum absolute atomic E-state index is 12.5. The lowest BCUT2D eigenvalue weighted by Crippen LogP contribution is -2.48. The molecule has 8 nitrogen and oxygen atoms in total. The van der Waals surface area contributed by atoms with Crippen molar-refractivity contribution >= 4 is 33.6 Å². The van der Waals surface area contributed by atoms with Gasteiger partial charge in [0.25, 0.3) is 5.56 Å². The highest BCUT2D eigenvalue weighted by Crippen LogP contribution is 2.21. The summed E-state index contributed by atoms with van der Waals surface area (Å²) >= 11 is 1.42. The highest BCUT2D eigenvalue weighted by molar-refractivity contribution is 7.16. The molecule has 1 N–H and O–H groups in total. The van der Waals surface area contributed by atoms with Crippen molar-refractivity contribution in [3.05, 3.63) is 28.1 Å². The van der Waals surface area contributed by atoms with Crippen LogP contribution < -0.4 is 10.9 Å². The van der Waals surface area contributed by atoms with Gasteiger partial charge in [0, 0.05) is 19.6 Å². The first-order chi connectivity index (χ1) is 12.8. The van der Waals surface area contributed by atoms with Gasteiger partial charge in [-0.3, -0.25) is 19.1 Å². The summed E-state index contributed by atoms with van der Waals surface area (Å²) in [6, 6.07) is 1.22. The molecule has 0 bridgehead atoms. The van der Waals surface area contributed by atoms with E-state index in [0.717, 1.165) is 6.42 Å². The Kier molecular flexibility index (Phi) is 5.50. The van der Waals surface area contributed by atoms with Crippen molar-refractivity contribution in [2.24, 2.45) is 0 Å². The molecule has 1 atom stereocenters. The fraction of sp³-hybridized carbons (Fsp3) is 0.556. The Morgan fingerprint density at radius 2 is 2.19 bits per heavy atom. The molecule has 1 saturated heterocycles. The number of carbonyl (C=O) groups is 2. The topological polar surface area (TPSA) is 93.5 Å². The molecule has 2 amide bonds. The number of aromatic nitrogens is 2. The second-order valence-corrected chi connectivity index (χ2v) is 8.40. The van der Waals surface area contributed by atoms with Gasteiger partial charge in [-0.1, -0.05) is 0 Å². The van der Waals surface area contributed by atoms with Crippen LogP contribution in [0.1, 0.15) is 33.6 Å². The zero-order valence-electron chi connectivity index (χ0n) is 15.7. The lowest BCUT2D eigenvalue weighted by molar-refractivity contribution is -0.125. The van der Waals surface area contributed by atoms with Crippen LogP contribution in [0.5, 0.6) is 0 Å². The van der Waals surface area contributed by atoms with Crippen LogP contribution in [-0.4, -0.2) is 51.2 Å². The van der Waals surface area contributed by atoms with Crippen LogP contribution in [0.4, 0.5) is 4.79 Å². The van der Waals surface area contributed by atoms with E-state index in [-0.39, 0.29) is 18.0 Å². The van der Waals surface area contributed by atoms with Crippen molar-refractivity contribution in [2.45, 2.75) is 51.8 Å². The van der Waals surface area contributed by atoms with Crippen molar-refractivity contribution in [3.63, 3.8) is 0 Å². The Hall–Kier alpha value is -2.42. The SMILES string of the molecule is CC(C)(C)OC(=O)N1CCCC1C(=O)NCCn1cnc2sccc2c1=O. The third-order valence-electron chi connectivity index (χ3n) is 4.29. The van der Waals surface area contributed by atoms with Gasteiger partial charge in [-0.05, 0) is 45.1 Å². The number of ether oxygens (including phenoxy) is 1. The molecular weight excluding hydrogens is 368 g/mol. The number of carbonyl (C=O) groups excluding carboxylic acids is 2. The quantitative estimate of drug-likeness (QED) is 0.859. The van der Waals surface area contributed by atoms with E-state index in [1.807, 2.05) is 5.38 Å². The normalized spacial score (nSPS) is 17.3. The van der Waals surface area contributed by atoms with Crippen LogP contribution in [0.15, 0.2) is 22.6 Å². The van der Waals surface area contributed by atoms with Gasteiger partial charge in [-0.25, -0.2) is 9.78 Å². The number of amides is 2. The summed E-state index contributed by atoms with van der Waals surface area (Å²) in [5, 5.41) is 5.23. The van der Waals surface area contributed by atoms with E-state index >= 15 is 0 Å². The molecule has 0 radical (unpaired) electrons. The Balaban J connectivity index is 1.57. The summed E-state index contributed by atoms with van der Waals surface area (Å²) in [7, 11) is 0. The summed E-state index contributed by atoms with van der Waals surface area (Å²) in [5.41, 5.74) is -0.721. The molecule has 1 aliphatic heterocycles. The van der Waals surface area contributed by atoms with Crippen LogP contribution >= 0.6 is 11.3 Å². The van der Waals surface area contributed by atoms with E-state index < -0.39 is 17.7 Å². The number of thiophene rings is 1. The van der Waals surface area contributed by atoms with Crippen molar-refractivity contribution in [3.8, 4) is 0 Å². The molecule has 1 aliphatic rings. The lowest BCUT2D eigenvalue weighted by atomic mass is 10.2. The first kappa shape index (κ1) is 19.3. The minimum Gasteiger partial charge on any atom is -0.444 e. The van der Waals surface area contributed by atoms with E-state index in [0.29, 0.717) is 29.7 Å². The van der Waals surface area contributed by atoms with Crippen LogP contribution in [0.3, 0.4) is 0 Å². The summed E-state index contributed by atoms with van der Waals surface area (Å²) in [6.45, 7) is 6.51. The molecule has 1 fully saturated rings. The van der Waals surface area contributed by atoms with Crippen molar-refractivity contribution < 1.29 is 14.3 Å². The van der Waals surface area contributed by atoms with Gasteiger partial charge in [0.05, 0.1) is 11.7 Å². The molecule has 0 saturated carbocycles. The number of likely N-dealkylation sites (tertiary alicyclic amines) is 1. The molecule has 0 aromatic carbocycles.